The number of nitriles is 1. The van der Waals surface area contributed by atoms with Gasteiger partial charge in [-0.15, -0.1) is 0 Å². The molecule has 0 aliphatic rings. The maximum atomic E-state index is 12.9. The van der Waals surface area contributed by atoms with E-state index >= 15 is 0 Å². The second-order valence-corrected chi connectivity index (χ2v) is 7.20. The Labute approximate surface area is 144 Å². The van der Waals surface area contributed by atoms with Crippen molar-refractivity contribution in [2.45, 2.75) is 4.90 Å². The van der Waals surface area contributed by atoms with E-state index in [2.05, 4.69) is 5.32 Å². The van der Waals surface area contributed by atoms with Gasteiger partial charge in [0.25, 0.3) is 0 Å². The van der Waals surface area contributed by atoms with Crippen molar-refractivity contribution in [1.82, 2.24) is 0 Å². The zero-order valence-corrected chi connectivity index (χ0v) is 13.8. The molecule has 0 atom stereocenters. The number of anilines is 1. The number of hydrogen-bond donors (Lipinski definition) is 1. The van der Waals surface area contributed by atoms with Crippen LogP contribution >= 0.6 is 0 Å². The van der Waals surface area contributed by atoms with Crippen molar-refractivity contribution in [3.8, 4) is 6.07 Å². The van der Waals surface area contributed by atoms with Gasteiger partial charge in [-0.3, -0.25) is 0 Å². The van der Waals surface area contributed by atoms with Crippen LogP contribution in [0.2, 0.25) is 0 Å². The molecule has 4 nitrogen and oxygen atoms in total. The van der Waals surface area contributed by atoms with Crippen molar-refractivity contribution in [2.75, 3.05) is 5.32 Å². The van der Waals surface area contributed by atoms with Gasteiger partial charge in [0.1, 0.15) is 11.9 Å². The van der Waals surface area contributed by atoms with Crippen LogP contribution in [0.25, 0.3) is 10.8 Å². The van der Waals surface area contributed by atoms with Crippen molar-refractivity contribution in [2.24, 2.45) is 0 Å². The topological polar surface area (TPSA) is 70.0 Å². The van der Waals surface area contributed by atoms with Crippen LogP contribution in [-0.2, 0) is 9.84 Å². The van der Waals surface area contributed by atoms with Gasteiger partial charge in [-0.1, -0.05) is 30.3 Å². The van der Waals surface area contributed by atoms with Gasteiger partial charge in [0, 0.05) is 11.9 Å². The van der Waals surface area contributed by atoms with Crippen LogP contribution < -0.4 is 5.32 Å². The summed E-state index contributed by atoms with van der Waals surface area (Å²) in [5.74, 6) is -0.404. The van der Waals surface area contributed by atoms with Crippen LogP contribution in [0.15, 0.2) is 82.7 Å². The minimum Gasteiger partial charge on any atom is -0.360 e. The van der Waals surface area contributed by atoms with Gasteiger partial charge in [0.05, 0.1) is 4.90 Å². The fraction of sp³-hybridized carbons (Fsp3) is 0. The Morgan fingerprint density at radius 2 is 1.68 bits per heavy atom. The molecule has 0 saturated carbocycles. The first kappa shape index (κ1) is 16.7. The van der Waals surface area contributed by atoms with Crippen molar-refractivity contribution < 1.29 is 12.8 Å². The minimum atomic E-state index is -3.96. The molecule has 0 fully saturated rings. The molecule has 0 radical (unpaired) electrons. The van der Waals surface area contributed by atoms with Crippen LogP contribution in [0.3, 0.4) is 0 Å². The molecule has 0 aliphatic heterocycles. The van der Waals surface area contributed by atoms with E-state index in [-0.39, 0.29) is 4.90 Å². The average Bonchev–Trinajstić information content (AvgIpc) is 2.63. The van der Waals surface area contributed by atoms with Gasteiger partial charge in [-0.25, -0.2) is 12.8 Å². The highest BCUT2D eigenvalue weighted by Crippen LogP contribution is 2.24. The summed E-state index contributed by atoms with van der Waals surface area (Å²) in [5, 5.41) is 13.6. The molecular formula is C19H13FN2O2S. The molecule has 0 amide bonds. The third-order valence-electron chi connectivity index (χ3n) is 3.65. The van der Waals surface area contributed by atoms with Gasteiger partial charge >= 0.3 is 0 Å². The Hall–Kier alpha value is -3.17. The normalized spacial score (nSPS) is 11.9. The molecule has 1 N–H and O–H groups in total. The lowest BCUT2D eigenvalue weighted by Crippen LogP contribution is -2.05. The average molecular weight is 352 g/mol. The summed E-state index contributed by atoms with van der Waals surface area (Å²) in [4.78, 5) is -0.382. The minimum absolute atomic E-state index is 0.0416. The molecule has 0 aromatic heterocycles. The fourth-order valence-corrected chi connectivity index (χ4v) is 3.44. The Kier molecular flexibility index (Phi) is 4.50. The van der Waals surface area contributed by atoms with Crippen molar-refractivity contribution in [1.29, 1.82) is 5.26 Å². The zero-order valence-electron chi connectivity index (χ0n) is 13.0. The monoisotopic (exact) mass is 352 g/mol. The molecule has 25 heavy (non-hydrogen) atoms. The molecule has 3 aromatic carbocycles. The molecule has 6 heteroatoms. The van der Waals surface area contributed by atoms with Crippen LogP contribution in [0, 0.1) is 17.1 Å². The highest BCUT2D eigenvalue weighted by molar-refractivity contribution is 7.95. The Balaban J connectivity index is 1.96. The van der Waals surface area contributed by atoms with Crippen molar-refractivity contribution >= 4 is 26.3 Å². The predicted octanol–water partition coefficient (Wildman–Crippen LogP) is 4.23. The quantitative estimate of drug-likeness (QED) is 0.714. The largest absolute Gasteiger partial charge is 0.360 e. The van der Waals surface area contributed by atoms with Gasteiger partial charge in [0.15, 0.2) is 4.91 Å². The Bertz CT molecular complexity index is 1100. The summed E-state index contributed by atoms with van der Waals surface area (Å²) in [6, 6.07) is 19.1. The molecule has 124 valence electrons. The molecule has 0 aliphatic carbocycles. The van der Waals surface area contributed by atoms with E-state index in [1.807, 2.05) is 18.2 Å². The highest BCUT2D eigenvalue weighted by Gasteiger charge is 2.21. The number of rotatable bonds is 4. The summed E-state index contributed by atoms with van der Waals surface area (Å²) in [7, 11) is -3.96. The van der Waals surface area contributed by atoms with Crippen LogP contribution in [0.5, 0.6) is 0 Å². The van der Waals surface area contributed by atoms with E-state index < -0.39 is 20.6 Å². The van der Waals surface area contributed by atoms with E-state index in [1.165, 1.54) is 36.4 Å². The predicted molar refractivity (Wildman–Crippen MR) is 94.9 cm³/mol. The Morgan fingerprint density at radius 3 is 2.36 bits per heavy atom. The number of fused-ring (bicyclic) bond motifs is 1. The van der Waals surface area contributed by atoms with Crippen LogP contribution in [0.1, 0.15) is 0 Å². The molecular weight excluding hydrogens is 339 g/mol. The van der Waals surface area contributed by atoms with Gasteiger partial charge < -0.3 is 5.32 Å². The summed E-state index contributed by atoms with van der Waals surface area (Å²) < 4.78 is 38.3. The number of halogens is 1. The summed E-state index contributed by atoms with van der Waals surface area (Å²) in [5.41, 5.74) is 0.475. The zero-order chi connectivity index (χ0) is 17.9. The van der Waals surface area contributed by atoms with E-state index in [1.54, 1.807) is 18.2 Å². The number of hydrogen-bond acceptors (Lipinski definition) is 4. The molecule has 0 unspecified atom stereocenters. The van der Waals surface area contributed by atoms with Gasteiger partial charge in [-0.05, 0) is 47.2 Å². The molecule has 0 saturated heterocycles. The van der Waals surface area contributed by atoms with E-state index in [0.717, 1.165) is 17.0 Å². The maximum absolute atomic E-state index is 12.9. The summed E-state index contributed by atoms with van der Waals surface area (Å²) in [6.45, 7) is 0. The van der Waals surface area contributed by atoms with Crippen LogP contribution in [0.4, 0.5) is 10.1 Å². The molecule has 0 spiro atoms. The molecule has 0 heterocycles. The molecule has 3 aromatic rings. The fourth-order valence-electron chi connectivity index (χ4n) is 2.33. The maximum Gasteiger partial charge on any atom is 0.218 e. The SMILES string of the molecule is N#C/C(=C/Nc1ccc(F)cc1)S(=O)(=O)c1ccc2ccccc2c1. The third-order valence-corrected chi connectivity index (χ3v) is 5.31. The van der Waals surface area contributed by atoms with E-state index in [4.69, 9.17) is 0 Å². The van der Waals surface area contributed by atoms with E-state index in [0.29, 0.717) is 5.69 Å². The lowest BCUT2D eigenvalue weighted by atomic mass is 10.1. The number of nitrogens with one attached hydrogen (secondary N) is 1. The highest BCUT2D eigenvalue weighted by atomic mass is 32.2. The number of sulfone groups is 1. The second-order valence-electron chi connectivity index (χ2n) is 5.28. The first-order valence-corrected chi connectivity index (χ1v) is 8.85. The lowest BCUT2D eigenvalue weighted by molar-refractivity contribution is 0.603. The first-order valence-electron chi connectivity index (χ1n) is 7.37. The third kappa shape index (κ3) is 3.52. The summed E-state index contributed by atoms with van der Waals surface area (Å²) >= 11 is 0. The van der Waals surface area contributed by atoms with Gasteiger partial charge in [-0.2, -0.15) is 5.26 Å². The standard InChI is InChI=1S/C19H13FN2O2S/c20-16-6-8-17(9-7-16)22-13-19(12-21)25(23,24)18-10-5-14-3-1-2-4-15(14)11-18/h1-11,13,22H/b19-13-. The van der Waals surface area contributed by atoms with Crippen molar-refractivity contribution in [3.05, 3.63) is 83.7 Å². The number of nitrogens with zero attached hydrogens (tertiary/aromatic N) is 1. The Morgan fingerprint density at radius 1 is 1.00 bits per heavy atom. The first-order chi connectivity index (χ1) is 12.0. The number of allylic oxidation sites excluding steroid dienone is 1. The lowest BCUT2D eigenvalue weighted by Gasteiger charge is -2.06. The smallest absolute Gasteiger partial charge is 0.218 e. The number of benzene rings is 3. The van der Waals surface area contributed by atoms with Gasteiger partial charge in [0.2, 0.25) is 9.84 Å². The molecule has 0 bridgehead atoms. The summed E-state index contributed by atoms with van der Waals surface area (Å²) in [6.07, 6.45) is 1.11. The van der Waals surface area contributed by atoms with Crippen molar-refractivity contribution in [3.63, 3.8) is 0 Å². The molecule has 3 rings (SSSR count). The van der Waals surface area contributed by atoms with Crippen LogP contribution in [-0.4, -0.2) is 8.42 Å². The van der Waals surface area contributed by atoms with E-state index in [9.17, 15) is 18.1 Å². The second kappa shape index (κ2) is 6.75.